The zero-order valence-electron chi connectivity index (χ0n) is 39.4. The van der Waals surface area contributed by atoms with Crippen molar-refractivity contribution in [3.05, 3.63) is 247 Å². The molecule has 0 spiro atoms. The highest BCUT2D eigenvalue weighted by atomic mass is 14.9. The molecule has 0 saturated heterocycles. The van der Waals surface area contributed by atoms with E-state index in [0.717, 1.165) is 22.8 Å². The summed E-state index contributed by atoms with van der Waals surface area (Å²) in [5.74, 6) is 0. The lowest BCUT2D eigenvalue weighted by Gasteiger charge is -1.88. The fourth-order valence-corrected chi connectivity index (χ4v) is 4.39. The smallest absolute Gasteiger partial charge is 0.0555 e. The van der Waals surface area contributed by atoms with Crippen molar-refractivity contribution >= 4 is 0 Å². The van der Waals surface area contributed by atoms with Crippen molar-refractivity contribution in [3.63, 3.8) is 0 Å². The standard InChI is InChI=1S/C7H8.C6H8N2.2C6H9N.3C6H7N.C5H6N2.C5H7N/c1-7-5-3-2-4-6-7;1-5-3-8-6(2)4-7-5;2*1-6-3-4-7(2)5-6;1-6-2-4-7-5-3-6;1-6-3-2-4-7-5-6;1-6-4-2-3-5-7-6;1-5-4-6-2-3-7-5;1-6-4-2-3-5-6/h2-6H,1H3;3-4H,1-2H3;2*3-5H,1-2H3;3*2-5H,1H3;2-4H,1H3;2-5H,1H3. The number of hydrogen-bond donors (Lipinski definition) is 0. The van der Waals surface area contributed by atoms with Gasteiger partial charge in [0.1, 0.15) is 0 Å². The van der Waals surface area contributed by atoms with Gasteiger partial charge in [0.2, 0.25) is 0 Å². The van der Waals surface area contributed by atoms with Crippen molar-refractivity contribution in [3.8, 4) is 0 Å². The van der Waals surface area contributed by atoms with Gasteiger partial charge < -0.3 is 13.7 Å². The molecule has 8 heterocycles. The van der Waals surface area contributed by atoms with Crippen LogP contribution in [0.1, 0.15) is 50.6 Å². The Labute approximate surface area is 377 Å². The van der Waals surface area contributed by atoms with Crippen LogP contribution >= 0.6 is 0 Å². The highest BCUT2D eigenvalue weighted by Crippen LogP contribution is 1.95. The van der Waals surface area contributed by atoms with Crippen LogP contribution in [0, 0.1) is 62.3 Å². The number of aryl methyl sites for hydroxylation is 12. The van der Waals surface area contributed by atoms with Crippen molar-refractivity contribution in [2.24, 2.45) is 21.1 Å². The van der Waals surface area contributed by atoms with Crippen molar-refractivity contribution < 1.29 is 0 Å². The molecule has 0 atom stereocenters. The van der Waals surface area contributed by atoms with Crippen LogP contribution in [0.4, 0.5) is 0 Å². The molecule has 10 heteroatoms. The minimum atomic E-state index is 0.961. The maximum Gasteiger partial charge on any atom is 0.0555 e. The largest absolute Gasteiger partial charge is 0.357 e. The summed E-state index contributed by atoms with van der Waals surface area (Å²) < 4.78 is 6.07. The van der Waals surface area contributed by atoms with E-state index in [4.69, 9.17) is 0 Å². The number of rotatable bonds is 0. The molecule has 0 aliphatic rings. The van der Waals surface area contributed by atoms with E-state index in [2.05, 4.69) is 92.3 Å². The first-order chi connectivity index (χ1) is 30.2. The van der Waals surface area contributed by atoms with Crippen molar-refractivity contribution in [1.29, 1.82) is 0 Å². The second-order valence-electron chi connectivity index (χ2n) is 14.4. The highest BCUT2D eigenvalue weighted by molar-refractivity contribution is 5.12. The summed E-state index contributed by atoms with van der Waals surface area (Å²) in [5.41, 5.74) is 10.4. The van der Waals surface area contributed by atoms with E-state index in [0.29, 0.717) is 0 Å². The molecule has 9 rings (SSSR count). The number of pyridine rings is 3. The maximum absolute atomic E-state index is 4.02. The van der Waals surface area contributed by atoms with Crippen LogP contribution in [0.5, 0.6) is 0 Å². The highest BCUT2D eigenvalue weighted by Gasteiger charge is 1.83. The lowest BCUT2D eigenvalue weighted by Crippen LogP contribution is -1.84. The Morgan fingerprint density at radius 3 is 1.00 bits per heavy atom. The van der Waals surface area contributed by atoms with Gasteiger partial charge in [-0.05, 0) is 139 Å². The van der Waals surface area contributed by atoms with Gasteiger partial charge in [-0.15, -0.1) is 0 Å². The SMILES string of the molecule is Cc1ccccc1.Cc1ccccn1.Cc1cccnc1.Cc1ccn(C)c1.Cc1ccn(C)c1.Cc1ccncc1.Cc1cnc(C)cn1.Cc1cnccn1.Cn1cccc1. The summed E-state index contributed by atoms with van der Waals surface area (Å²) in [6.07, 6.45) is 29.8. The molecule has 0 bridgehead atoms. The van der Waals surface area contributed by atoms with Crippen LogP contribution in [0.25, 0.3) is 0 Å². The zero-order chi connectivity index (χ0) is 46.5. The van der Waals surface area contributed by atoms with Crippen molar-refractivity contribution in [2.75, 3.05) is 0 Å². The third-order valence-corrected chi connectivity index (χ3v) is 7.73. The summed E-state index contributed by atoms with van der Waals surface area (Å²) >= 11 is 0. The van der Waals surface area contributed by atoms with Gasteiger partial charge in [0, 0.05) is 126 Å². The van der Waals surface area contributed by atoms with Crippen molar-refractivity contribution in [2.45, 2.75) is 62.3 Å². The molecule has 0 saturated carbocycles. The summed E-state index contributed by atoms with van der Waals surface area (Å²) in [5, 5.41) is 0. The van der Waals surface area contributed by atoms with Gasteiger partial charge in [0.05, 0.1) is 17.1 Å². The monoisotopic (exact) mass is 845 g/mol. The second kappa shape index (κ2) is 34.4. The molecule has 9 aromatic rings. The Morgan fingerprint density at radius 1 is 0.286 bits per heavy atom. The number of hydrogen-bond acceptors (Lipinski definition) is 7. The quantitative estimate of drug-likeness (QED) is 0.150. The predicted octanol–water partition coefficient (Wildman–Crippen LogP) is 11.7. The first kappa shape index (κ1) is 53.7. The van der Waals surface area contributed by atoms with Crippen LogP contribution < -0.4 is 0 Å². The van der Waals surface area contributed by atoms with E-state index in [1.165, 1.54) is 27.8 Å². The Hall–Kier alpha value is -7.33. The summed E-state index contributed by atoms with van der Waals surface area (Å²) in [6, 6.07) is 32.2. The summed E-state index contributed by atoms with van der Waals surface area (Å²) in [4.78, 5) is 27.5. The molecule has 10 nitrogen and oxygen atoms in total. The lowest BCUT2D eigenvalue weighted by molar-refractivity contribution is 0.925. The summed E-state index contributed by atoms with van der Waals surface area (Å²) in [7, 11) is 6.04. The number of benzene rings is 1. The normalized spacial score (nSPS) is 8.95. The van der Waals surface area contributed by atoms with Gasteiger partial charge in [0.15, 0.2) is 0 Å². The molecule has 0 aliphatic heterocycles. The Morgan fingerprint density at radius 2 is 0.778 bits per heavy atom. The third-order valence-electron chi connectivity index (χ3n) is 7.73. The average molecular weight is 845 g/mol. The molecule has 0 unspecified atom stereocenters. The Bertz CT molecular complexity index is 2020. The molecule has 1 aromatic carbocycles. The van der Waals surface area contributed by atoms with Gasteiger partial charge >= 0.3 is 0 Å². The third kappa shape index (κ3) is 33.1. The van der Waals surface area contributed by atoms with Crippen LogP contribution in [-0.2, 0) is 21.1 Å². The molecule has 0 fully saturated rings. The van der Waals surface area contributed by atoms with E-state index >= 15 is 0 Å². The van der Waals surface area contributed by atoms with E-state index in [1.807, 2.05) is 180 Å². The minimum absolute atomic E-state index is 0.961. The van der Waals surface area contributed by atoms with Gasteiger partial charge in [-0.2, -0.15) is 0 Å². The van der Waals surface area contributed by atoms with Gasteiger partial charge in [-0.3, -0.25) is 34.9 Å². The topological polar surface area (TPSA) is 105 Å². The maximum atomic E-state index is 4.02. The number of aromatic nitrogens is 10. The van der Waals surface area contributed by atoms with E-state index in [1.54, 1.807) is 55.8 Å². The van der Waals surface area contributed by atoms with Gasteiger partial charge in [-0.25, -0.2) is 0 Å². The molecular weight excluding hydrogens is 777 g/mol. The van der Waals surface area contributed by atoms with E-state index in [-0.39, 0.29) is 0 Å². The molecule has 0 radical (unpaired) electrons. The average Bonchev–Trinajstić information content (AvgIpc) is 4.03. The molecule has 0 aliphatic carbocycles. The van der Waals surface area contributed by atoms with Crippen LogP contribution in [0.2, 0.25) is 0 Å². The van der Waals surface area contributed by atoms with E-state index < -0.39 is 0 Å². The Balaban J connectivity index is 0.000000355. The van der Waals surface area contributed by atoms with Crippen LogP contribution in [-0.4, -0.2) is 48.6 Å². The fraction of sp³-hybridized carbons (Fsp3) is 0.226. The second-order valence-corrected chi connectivity index (χ2v) is 14.4. The minimum Gasteiger partial charge on any atom is -0.357 e. The summed E-state index contributed by atoms with van der Waals surface area (Å²) in [6.45, 7) is 18.0. The molecular formula is C53H68N10. The van der Waals surface area contributed by atoms with Crippen molar-refractivity contribution in [1.82, 2.24) is 48.6 Å². The van der Waals surface area contributed by atoms with Gasteiger partial charge in [0.25, 0.3) is 0 Å². The first-order valence-electron chi connectivity index (χ1n) is 20.6. The molecule has 330 valence electrons. The molecule has 63 heavy (non-hydrogen) atoms. The predicted molar refractivity (Wildman–Crippen MR) is 262 cm³/mol. The fourth-order valence-electron chi connectivity index (χ4n) is 4.39. The Kier molecular flexibility index (Phi) is 29.3. The molecule has 0 N–H and O–H groups in total. The molecule has 8 aromatic heterocycles. The first-order valence-corrected chi connectivity index (χ1v) is 20.6. The van der Waals surface area contributed by atoms with Crippen LogP contribution in [0.15, 0.2) is 196 Å². The zero-order valence-corrected chi connectivity index (χ0v) is 39.4. The molecule has 0 amide bonds. The van der Waals surface area contributed by atoms with Crippen LogP contribution in [0.3, 0.4) is 0 Å². The van der Waals surface area contributed by atoms with Gasteiger partial charge in [-0.1, -0.05) is 48.0 Å². The lowest BCUT2D eigenvalue weighted by atomic mass is 10.2. The van der Waals surface area contributed by atoms with E-state index in [9.17, 15) is 0 Å². The number of nitrogens with zero attached hydrogens (tertiary/aromatic N) is 10.